The van der Waals surface area contributed by atoms with E-state index in [2.05, 4.69) is 24.4 Å². The van der Waals surface area contributed by atoms with Crippen LogP contribution in [0.5, 0.6) is 5.75 Å². The lowest BCUT2D eigenvalue weighted by atomic mass is 10.1. The summed E-state index contributed by atoms with van der Waals surface area (Å²) in [7, 11) is 0. The summed E-state index contributed by atoms with van der Waals surface area (Å²) in [6, 6.07) is 17.8. The molecule has 2 aromatic rings. The molecule has 1 atom stereocenters. The molecule has 0 saturated carbocycles. The van der Waals surface area contributed by atoms with Crippen LogP contribution in [0.2, 0.25) is 0 Å². The average molecular weight is 325 g/mol. The average Bonchev–Trinajstić information content (AvgIpc) is 2.61. The lowest BCUT2D eigenvalue weighted by Gasteiger charge is -2.14. The molecule has 0 aliphatic carbocycles. The molecule has 3 nitrogen and oxygen atoms in total. The van der Waals surface area contributed by atoms with Crippen molar-refractivity contribution >= 4 is 5.91 Å². The highest BCUT2D eigenvalue weighted by atomic mass is 16.5. The minimum absolute atomic E-state index is 0.0318. The lowest BCUT2D eigenvalue weighted by molar-refractivity contribution is 0.0938. The molecular formula is C21H27NO2. The van der Waals surface area contributed by atoms with Gasteiger partial charge in [0.2, 0.25) is 0 Å². The quantitative estimate of drug-likeness (QED) is 0.683. The Bertz CT molecular complexity index is 607. The van der Waals surface area contributed by atoms with Gasteiger partial charge in [-0.15, -0.1) is 0 Å². The minimum atomic E-state index is -0.0318. The van der Waals surface area contributed by atoms with E-state index in [1.54, 1.807) is 0 Å². The maximum Gasteiger partial charge on any atom is 0.251 e. The normalized spacial score (nSPS) is 11.8. The first-order valence-electron chi connectivity index (χ1n) is 8.76. The van der Waals surface area contributed by atoms with E-state index in [1.165, 1.54) is 5.56 Å². The summed E-state index contributed by atoms with van der Waals surface area (Å²) >= 11 is 0. The van der Waals surface area contributed by atoms with Gasteiger partial charge in [-0.2, -0.15) is 0 Å². The number of ether oxygens (including phenoxy) is 1. The number of unbranched alkanes of at least 4 members (excludes halogenated alkanes) is 1. The molecule has 0 fully saturated rings. The Morgan fingerprint density at radius 2 is 1.79 bits per heavy atom. The van der Waals surface area contributed by atoms with Crippen molar-refractivity contribution in [2.45, 2.75) is 45.6 Å². The first kappa shape index (κ1) is 18.1. The fourth-order valence-corrected chi connectivity index (χ4v) is 2.44. The number of aryl methyl sites for hydroxylation is 1. The Labute approximate surface area is 145 Å². The molecule has 2 rings (SSSR count). The third-order valence-electron chi connectivity index (χ3n) is 3.97. The van der Waals surface area contributed by atoms with Gasteiger partial charge in [-0.05, 0) is 56.0 Å². The highest BCUT2D eigenvalue weighted by molar-refractivity contribution is 5.94. The molecule has 0 aliphatic rings. The van der Waals surface area contributed by atoms with Crippen LogP contribution in [0.1, 0.15) is 49.0 Å². The molecule has 0 heterocycles. The second kappa shape index (κ2) is 9.76. The second-order valence-electron chi connectivity index (χ2n) is 6.13. The van der Waals surface area contributed by atoms with E-state index in [9.17, 15) is 4.79 Å². The largest absolute Gasteiger partial charge is 0.494 e. The van der Waals surface area contributed by atoms with E-state index in [4.69, 9.17) is 4.74 Å². The van der Waals surface area contributed by atoms with Crippen molar-refractivity contribution in [3.63, 3.8) is 0 Å². The second-order valence-corrected chi connectivity index (χ2v) is 6.13. The van der Waals surface area contributed by atoms with Gasteiger partial charge in [0.25, 0.3) is 5.91 Å². The van der Waals surface area contributed by atoms with Crippen molar-refractivity contribution < 1.29 is 9.53 Å². The maximum atomic E-state index is 12.3. The molecule has 0 aromatic heterocycles. The zero-order valence-corrected chi connectivity index (χ0v) is 14.6. The fourth-order valence-electron chi connectivity index (χ4n) is 2.44. The Morgan fingerprint density at radius 3 is 2.46 bits per heavy atom. The number of benzene rings is 2. The summed E-state index contributed by atoms with van der Waals surface area (Å²) in [6.07, 6.45) is 4.04. The number of nitrogens with one attached hydrogen (secondary N) is 1. The van der Waals surface area contributed by atoms with Crippen molar-refractivity contribution in [3.8, 4) is 5.75 Å². The number of rotatable bonds is 9. The topological polar surface area (TPSA) is 38.3 Å². The predicted octanol–water partition coefficient (Wildman–Crippen LogP) is 4.62. The van der Waals surface area contributed by atoms with Gasteiger partial charge in [0.15, 0.2) is 0 Å². The van der Waals surface area contributed by atoms with Crippen molar-refractivity contribution in [2.75, 3.05) is 6.61 Å². The van der Waals surface area contributed by atoms with E-state index in [-0.39, 0.29) is 11.9 Å². The molecule has 1 amide bonds. The van der Waals surface area contributed by atoms with E-state index < -0.39 is 0 Å². The molecule has 0 unspecified atom stereocenters. The third kappa shape index (κ3) is 6.07. The van der Waals surface area contributed by atoms with Crippen LogP contribution in [0.15, 0.2) is 54.6 Å². The molecular weight excluding hydrogens is 298 g/mol. The number of carbonyl (C=O) groups is 1. The van der Waals surface area contributed by atoms with Gasteiger partial charge in [-0.1, -0.05) is 43.7 Å². The van der Waals surface area contributed by atoms with E-state index in [0.717, 1.165) is 38.0 Å². The van der Waals surface area contributed by atoms with Crippen LogP contribution in [-0.4, -0.2) is 18.6 Å². The summed E-state index contributed by atoms with van der Waals surface area (Å²) in [4.78, 5) is 12.3. The summed E-state index contributed by atoms with van der Waals surface area (Å²) in [5.41, 5.74) is 1.97. The number of amides is 1. The molecule has 0 aliphatic heterocycles. The molecule has 1 N–H and O–H groups in total. The monoisotopic (exact) mass is 325 g/mol. The van der Waals surface area contributed by atoms with E-state index in [0.29, 0.717) is 5.56 Å². The molecule has 3 heteroatoms. The fraction of sp³-hybridized carbons (Fsp3) is 0.381. The smallest absolute Gasteiger partial charge is 0.251 e. The Balaban J connectivity index is 1.78. The van der Waals surface area contributed by atoms with Crippen LogP contribution in [0.4, 0.5) is 0 Å². The molecule has 24 heavy (non-hydrogen) atoms. The highest BCUT2D eigenvalue weighted by Crippen LogP contribution is 2.13. The van der Waals surface area contributed by atoms with Crippen LogP contribution in [0.3, 0.4) is 0 Å². The van der Waals surface area contributed by atoms with Crippen LogP contribution < -0.4 is 10.1 Å². The zero-order chi connectivity index (χ0) is 17.2. The van der Waals surface area contributed by atoms with Gasteiger partial charge in [-0.3, -0.25) is 4.79 Å². The van der Waals surface area contributed by atoms with Gasteiger partial charge < -0.3 is 10.1 Å². The minimum Gasteiger partial charge on any atom is -0.494 e. The Hall–Kier alpha value is -2.29. The van der Waals surface area contributed by atoms with Crippen molar-refractivity contribution in [2.24, 2.45) is 0 Å². The van der Waals surface area contributed by atoms with Crippen molar-refractivity contribution in [3.05, 3.63) is 65.7 Å². The summed E-state index contributed by atoms with van der Waals surface area (Å²) in [5.74, 6) is 0.785. The van der Waals surface area contributed by atoms with Gasteiger partial charge in [0.1, 0.15) is 5.75 Å². The van der Waals surface area contributed by atoms with E-state index >= 15 is 0 Å². The number of carbonyl (C=O) groups excluding carboxylic acids is 1. The highest BCUT2D eigenvalue weighted by Gasteiger charge is 2.10. The molecule has 128 valence electrons. The molecule has 0 spiro atoms. The van der Waals surface area contributed by atoms with Crippen molar-refractivity contribution in [1.82, 2.24) is 5.32 Å². The third-order valence-corrected chi connectivity index (χ3v) is 3.97. The van der Waals surface area contributed by atoms with Crippen LogP contribution >= 0.6 is 0 Å². The van der Waals surface area contributed by atoms with Crippen LogP contribution in [0, 0.1) is 0 Å². The number of hydrogen-bond donors (Lipinski definition) is 1. The van der Waals surface area contributed by atoms with Crippen molar-refractivity contribution in [1.29, 1.82) is 0 Å². The van der Waals surface area contributed by atoms with Gasteiger partial charge in [0.05, 0.1) is 6.61 Å². The Kier molecular flexibility index (Phi) is 7.34. The molecule has 0 saturated heterocycles. The zero-order valence-electron chi connectivity index (χ0n) is 14.6. The van der Waals surface area contributed by atoms with Gasteiger partial charge >= 0.3 is 0 Å². The molecule has 0 radical (unpaired) electrons. The predicted molar refractivity (Wildman–Crippen MR) is 98.5 cm³/mol. The van der Waals surface area contributed by atoms with E-state index in [1.807, 2.05) is 49.4 Å². The lowest BCUT2D eigenvalue weighted by Crippen LogP contribution is -2.32. The van der Waals surface area contributed by atoms with Gasteiger partial charge in [0, 0.05) is 11.6 Å². The summed E-state index contributed by atoms with van der Waals surface area (Å²) in [5, 5.41) is 3.06. The molecule has 0 bridgehead atoms. The first-order chi connectivity index (χ1) is 11.7. The first-order valence-corrected chi connectivity index (χ1v) is 8.76. The van der Waals surface area contributed by atoms with Crippen LogP contribution in [-0.2, 0) is 6.42 Å². The number of hydrogen-bond acceptors (Lipinski definition) is 2. The molecule has 2 aromatic carbocycles. The Morgan fingerprint density at radius 1 is 1.08 bits per heavy atom. The summed E-state index contributed by atoms with van der Waals surface area (Å²) in [6.45, 7) is 4.90. The summed E-state index contributed by atoms with van der Waals surface area (Å²) < 4.78 is 5.62. The van der Waals surface area contributed by atoms with Gasteiger partial charge in [-0.25, -0.2) is 0 Å². The standard InChI is InChI=1S/C21H27NO2/c1-3-4-16-24-20-14-12-19(13-15-20)21(23)22-17(2)10-11-18-8-6-5-7-9-18/h5-9,12-15,17H,3-4,10-11,16H2,1-2H3,(H,22,23)/t17-/m1/s1. The SMILES string of the molecule is CCCCOc1ccc(C(=O)N[C@H](C)CCc2ccccc2)cc1. The maximum absolute atomic E-state index is 12.3. The van der Waals surface area contributed by atoms with Crippen LogP contribution in [0.25, 0.3) is 0 Å².